The maximum Gasteiger partial charge on any atom is 0.337 e. The number of para-hydroxylation sites is 1. The first-order chi connectivity index (χ1) is 8.59. The number of benzene rings is 2. The van der Waals surface area contributed by atoms with Crippen molar-refractivity contribution in [1.29, 1.82) is 0 Å². The predicted molar refractivity (Wildman–Crippen MR) is 80.9 cm³/mol. The number of hydrogen-bond acceptors (Lipinski definition) is 2. The molecule has 0 unspecified atom stereocenters. The van der Waals surface area contributed by atoms with Gasteiger partial charge in [-0.1, -0.05) is 29.8 Å². The first-order valence-electron chi connectivity index (χ1n) is 5.13. The Kier molecular flexibility index (Phi) is 4.08. The minimum atomic E-state index is -0.963. The van der Waals surface area contributed by atoms with Gasteiger partial charge in [0, 0.05) is 0 Å². The number of anilines is 2. The molecule has 0 atom stereocenters. The van der Waals surface area contributed by atoms with E-state index >= 15 is 0 Å². The van der Waals surface area contributed by atoms with Crippen LogP contribution in [0.2, 0.25) is 5.02 Å². The lowest BCUT2D eigenvalue weighted by atomic mass is 10.1. The number of nitrogens with one attached hydrogen (secondary N) is 1. The Balaban J connectivity index is 2.40. The summed E-state index contributed by atoms with van der Waals surface area (Å²) in [6.45, 7) is 0. The molecule has 0 heterocycles. The summed E-state index contributed by atoms with van der Waals surface area (Å²) in [6.07, 6.45) is 0. The van der Waals surface area contributed by atoms with Gasteiger partial charge in [-0.05, 0) is 46.9 Å². The Morgan fingerprint density at radius 2 is 1.78 bits per heavy atom. The fraction of sp³-hybridized carbons (Fsp3) is 0. The van der Waals surface area contributed by atoms with E-state index in [-0.39, 0.29) is 5.56 Å². The summed E-state index contributed by atoms with van der Waals surface area (Å²) in [5.41, 5.74) is 1.57. The molecule has 0 aliphatic heterocycles. The average molecular weight is 374 g/mol. The molecule has 0 saturated carbocycles. The van der Waals surface area contributed by atoms with Crippen molar-refractivity contribution in [1.82, 2.24) is 0 Å². The van der Waals surface area contributed by atoms with Crippen LogP contribution in [-0.4, -0.2) is 11.1 Å². The second kappa shape index (κ2) is 5.58. The summed E-state index contributed by atoms with van der Waals surface area (Å²) in [6, 6.07) is 12.2. The molecular weight excluding hydrogens is 365 g/mol. The number of carboxylic acids is 1. The minimum Gasteiger partial charge on any atom is -0.478 e. The van der Waals surface area contributed by atoms with E-state index < -0.39 is 5.97 Å². The zero-order chi connectivity index (χ0) is 13.1. The lowest BCUT2D eigenvalue weighted by Crippen LogP contribution is -2.03. The Bertz CT molecular complexity index is 601. The van der Waals surface area contributed by atoms with Gasteiger partial charge in [0.05, 0.1) is 25.5 Å². The van der Waals surface area contributed by atoms with E-state index in [1.165, 1.54) is 0 Å². The van der Waals surface area contributed by atoms with E-state index in [0.29, 0.717) is 10.7 Å². The molecule has 2 N–H and O–H groups in total. The van der Waals surface area contributed by atoms with Crippen LogP contribution < -0.4 is 5.32 Å². The Hall–Kier alpha value is -1.27. The third-order valence-corrected chi connectivity index (χ3v) is 4.17. The second-order valence-corrected chi connectivity index (χ2v) is 5.06. The number of rotatable bonds is 3. The normalized spacial score (nSPS) is 10.1. The lowest BCUT2D eigenvalue weighted by Gasteiger charge is -2.11. The molecular formula is C13H9ClINO2. The van der Waals surface area contributed by atoms with Crippen LogP contribution in [0.15, 0.2) is 42.5 Å². The molecule has 3 nitrogen and oxygen atoms in total. The SMILES string of the molecule is O=C(O)c1ccccc1Nc1cccc(Cl)c1I. The smallest absolute Gasteiger partial charge is 0.337 e. The van der Waals surface area contributed by atoms with Gasteiger partial charge in [-0.3, -0.25) is 0 Å². The van der Waals surface area contributed by atoms with Gasteiger partial charge in [0.25, 0.3) is 0 Å². The van der Waals surface area contributed by atoms with Gasteiger partial charge in [0.2, 0.25) is 0 Å². The highest BCUT2D eigenvalue weighted by Gasteiger charge is 2.10. The standard InChI is InChI=1S/C13H9ClINO2/c14-9-5-3-7-11(12(9)15)16-10-6-2-1-4-8(10)13(17)18/h1-7,16H,(H,17,18). The van der Waals surface area contributed by atoms with Crippen LogP contribution in [0, 0.1) is 3.57 Å². The molecule has 0 aliphatic carbocycles. The summed E-state index contributed by atoms with van der Waals surface area (Å²) in [5.74, 6) is -0.963. The first kappa shape index (κ1) is 13.2. The van der Waals surface area contributed by atoms with E-state index in [0.717, 1.165) is 9.26 Å². The largest absolute Gasteiger partial charge is 0.478 e. The molecule has 0 aliphatic rings. The zero-order valence-corrected chi connectivity index (χ0v) is 12.1. The number of carbonyl (C=O) groups is 1. The maximum atomic E-state index is 11.1. The van der Waals surface area contributed by atoms with Crippen molar-refractivity contribution in [2.45, 2.75) is 0 Å². The molecule has 2 aromatic carbocycles. The molecule has 5 heteroatoms. The summed E-state index contributed by atoms with van der Waals surface area (Å²) >= 11 is 8.14. The third-order valence-electron chi connectivity index (χ3n) is 2.38. The fourth-order valence-corrected chi connectivity index (χ4v) is 2.19. The number of hydrogen-bond donors (Lipinski definition) is 2. The summed E-state index contributed by atoms with van der Waals surface area (Å²) in [4.78, 5) is 11.1. The average Bonchev–Trinajstić information content (AvgIpc) is 2.35. The topological polar surface area (TPSA) is 49.3 Å². The minimum absolute atomic E-state index is 0.230. The van der Waals surface area contributed by atoms with Crippen molar-refractivity contribution in [2.75, 3.05) is 5.32 Å². The number of carboxylic acid groups (broad SMARTS) is 1. The first-order valence-corrected chi connectivity index (χ1v) is 6.58. The van der Waals surface area contributed by atoms with Gasteiger partial charge in [-0.25, -0.2) is 4.79 Å². The van der Waals surface area contributed by atoms with Crippen molar-refractivity contribution in [2.24, 2.45) is 0 Å². The predicted octanol–water partition coefficient (Wildman–Crippen LogP) is 4.39. The molecule has 2 rings (SSSR count). The zero-order valence-electron chi connectivity index (χ0n) is 9.15. The van der Waals surface area contributed by atoms with Gasteiger partial charge in [0.1, 0.15) is 0 Å². The summed E-state index contributed by atoms with van der Waals surface area (Å²) in [5, 5.41) is 12.8. The van der Waals surface area contributed by atoms with E-state index in [1.54, 1.807) is 30.3 Å². The molecule has 18 heavy (non-hydrogen) atoms. The molecule has 2 aromatic rings. The third kappa shape index (κ3) is 2.76. The molecule has 0 aromatic heterocycles. The van der Waals surface area contributed by atoms with Gasteiger partial charge in [-0.2, -0.15) is 0 Å². The van der Waals surface area contributed by atoms with Gasteiger partial charge < -0.3 is 10.4 Å². The van der Waals surface area contributed by atoms with Crippen LogP contribution in [0.1, 0.15) is 10.4 Å². The van der Waals surface area contributed by atoms with Gasteiger partial charge >= 0.3 is 5.97 Å². The Labute approximate surface area is 123 Å². The van der Waals surface area contributed by atoms with E-state index in [4.69, 9.17) is 16.7 Å². The van der Waals surface area contributed by atoms with Crippen LogP contribution in [0.25, 0.3) is 0 Å². The van der Waals surface area contributed by atoms with Crippen LogP contribution in [0.3, 0.4) is 0 Å². The van der Waals surface area contributed by atoms with Crippen LogP contribution in [-0.2, 0) is 0 Å². The van der Waals surface area contributed by atoms with Crippen LogP contribution >= 0.6 is 34.2 Å². The van der Waals surface area contributed by atoms with Crippen molar-refractivity contribution in [3.05, 3.63) is 56.6 Å². The molecule has 0 amide bonds. The number of aromatic carboxylic acids is 1. The van der Waals surface area contributed by atoms with Crippen LogP contribution in [0.4, 0.5) is 11.4 Å². The molecule has 92 valence electrons. The van der Waals surface area contributed by atoms with Crippen LogP contribution in [0.5, 0.6) is 0 Å². The highest BCUT2D eigenvalue weighted by atomic mass is 127. The highest BCUT2D eigenvalue weighted by Crippen LogP contribution is 2.29. The van der Waals surface area contributed by atoms with Crippen molar-refractivity contribution in [3.8, 4) is 0 Å². The number of halogens is 2. The summed E-state index contributed by atoms with van der Waals surface area (Å²) < 4.78 is 0.858. The van der Waals surface area contributed by atoms with Gasteiger partial charge in [0.15, 0.2) is 0 Å². The van der Waals surface area contributed by atoms with E-state index in [2.05, 4.69) is 27.9 Å². The van der Waals surface area contributed by atoms with Crippen molar-refractivity contribution in [3.63, 3.8) is 0 Å². The van der Waals surface area contributed by atoms with E-state index in [1.807, 2.05) is 12.1 Å². The fourth-order valence-electron chi connectivity index (χ4n) is 1.52. The van der Waals surface area contributed by atoms with Gasteiger partial charge in [-0.15, -0.1) is 0 Å². The summed E-state index contributed by atoms with van der Waals surface area (Å²) in [7, 11) is 0. The van der Waals surface area contributed by atoms with Crippen molar-refractivity contribution < 1.29 is 9.90 Å². The quantitative estimate of drug-likeness (QED) is 0.785. The molecule has 0 saturated heterocycles. The monoisotopic (exact) mass is 373 g/mol. The highest BCUT2D eigenvalue weighted by molar-refractivity contribution is 14.1. The lowest BCUT2D eigenvalue weighted by molar-refractivity contribution is 0.0698. The molecule has 0 spiro atoms. The Morgan fingerprint density at radius 1 is 1.11 bits per heavy atom. The van der Waals surface area contributed by atoms with E-state index in [9.17, 15) is 4.79 Å². The Morgan fingerprint density at radius 3 is 2.50 bits per heavy atom. The molecule has 0 bridgehead atoms. The second-order valence-electron chi connectivity index (χ2n) is 3.58. The van der Waals surface area contributed by atoms with Crippen molar-refractivity contribution >= 4 is 51.5 Å². The molecule has 0 radical (unpaired) electrons. The molecule has 0 fully saturated rings. The maximum absolute atomic E-state index is 11.1.